The number of rotatable bonds is 2. The molecule has 86 valence electrons. The van der Waals surface area contributed by atoms with E-state index in [9.17, 15) is 9.59 Å². The number of nitrogens with one attached hydrogen (secondary N) is 1. The molecule has 1 aliphatic carbocycles. The lowest BCUT2D eigenvalue weighted by Crippen LogP contribution is -2.19. The van der Waals surface area contributed by atoms with Crippen molar-refractivity contribution in [3.05, 3.63) is 41.0 Å². The minimum Gasteiger partial charge on any atom is -0.292 e. The highest BCUT2D eigenvalue weighted by molar-refractivity contribution is 6.15. The van der Waals surface area contributed by atoms with Gasteiger partial charge in [-0.15, -0.1) is 0 Å². The fraction of sp³-hybridized carbons (Fsp3) is 0.286. The van der Waals surface area contributed by atoms with Gasteiger partial charge in [0.1, 0.15) is 0 Å². The molecular formula is C14H13NO2. The molecular weight excluding hydrogens is 214 g/mol. The van der Waals surface area contributed by atoms with Gasteiger partial charge in [-0.1, -0.05) is 24.3 Å². The second kappa shape index (κ2) is 3.84. The highest BCUT2D eigenvalue weighted by atomic mass is 16.2. The van der Waals surface area contributed by atoms with Crippen molar-refractivity contribution in [1.82, 2.24) is 5.32 Å². The second-order valence-corrected chi connectivity index (χ2v) is 4.66. The number of benzene rings is 1. The number of imide groups is 1. The van der Waals surface area contributed by atoms with E-state index in [-0.39, 0.29) is 18.2 Å². The van der Waals surface area contributed by atoms with Crippen LogP contribution < -0.4 is 5.32 Å². The van der Waals surface area contributed by atoms with Gasteiger partial charge in [-0.3, -0.25) is 14.9 Å². The Hall–Kier alpha value is -1.90. The molecule has 1 saturated heterocycles. The molecule has 0 radical (unpaired) electrons. The minimum absolute atomic E-state index is 0.198. The molecule has 1 aromatic rings. The smallest absolute Gasteiger partial charge is 0.254 e. The van der Waals surface area contributed by atoms with Crippen molar-refractivity contribution >= 4 is 17.9 Å². The van der Waals surface area contributed by atoms with Crippen molar-refractivity contribution in [2.45, 2.75) is 25.2 Å². The number of amides is 2. The zero-order chi connectivity index (χ0) is 11.8. The van der Waals surface area contributed by atoms with Crippen LogP contribution in [0.15, 0.2) is 29.8 Å². The van der Waals surface area contributed by atoms with Crippen LogP contribution in [0.4, 0.5) is 0 Å². The lowest BCUT2D eigenvalue weighted by atomic mass is 10.1. The Morgan fingerprint density at radius 2 is 1.82 bits per heavy atom. The topological polar surface area (TPSA) is 46.2 Å². The summed E-state index contributed by atoms with van der Waals surface area (Å²) in [5.41, 5.74) is 2.91. The predicted octanol–water partition coefficient (Wildman–Crippen LogP) is 1.99. The Morgan fingerprint density at radius 1 is 1.12 bits per heavy atom. The molecule has 3 rings (SSSR count). The highest BCUT2D eigenvalue weighted by Crippen LogP contribution is 2.39. The Balaban J connectivity index is 1.82. The zero-order valence-corrected chi connectivity index (χ0v) is 9.40. The molecule has 0 unspecified atom stereocenters. The van der Waals surface area contributed by atoms with Gasteiger partial charge < -0.3 is 0 Å². The summed E-state index contributed by atoms with van der Waals surface area (Å²) in [6, 6.07) is 8.24. The molecule has 0 spiro atoms. The van der Waals surface area contributed by atoms with Crippen molar-refractivity contribution in [1.29, 1.82) is 0 Å². The Kier molecular flexibility index (Phi) is 2.32. The third-order valence-electron chi connectivity index (χ3n) is 3.22. The van der Waals surface area contributed by atoms with E-state index in [0.717, 1.165) is 11.5 Å². The molecule has 1 aliphatic heterocycles. The van der Waals surface area contributed by atoms with Crippen molar-refractivity contribution in [2.24, 2.45) is 0 Å². The summed E-state index contributed by atoms with van der Waals surface area (Å²) in [6.07, 6.45) is 4.56. The molecule has 3 nitrogen and oxygen atoms in total. The molecule has 1 N–H and O–H groups in total. The van der Waals surface area contributed by atoms with Gasteiger partial charge >= 0.3 is 0 Å². The largest absolute Gasteiger partial charge is 0.292 e. The summed E-state index contributed by atoms with van der Waals surface area (Å²) < 4.78 is 0. The van der Waals surface area contributed by atoms with Crippen molar-refractivity contribution in [3.8, 4) is 0 Å². The van der Waals surface area contributed by atoms with E-state index < -0.39 is 0 Å². The van der Waals surface area contributed by atoms with Crippen molar-refractivity contribution in [2.75, 3.05) is 0 Å². The molecule has 1 aromatic carbocycles. The van der Waals surface area contributed by atoms with E-state index in [1.807, 2.05) is 12.1 Å². The van der Waals surface area contributed by atoms with Crippen LogP contribution in [0.2, 0.25) is 0 Å². The Morgan fingerprint density at radius 3 is 2.35 bits per heavy atom. The van der Waals surface area contributed by atoms with Crippen LogP contribution in [-0.4, -0.2) is 11.8 Å². The Bertz CT molecular complexity index is 510. The summed E-state index contributed by atoms with van der Waals surface area (Å²) in [7, 11) is 0. The Labute approximate surface area is 99.5 Å². The molecule has 2 fully saturated rings. The third kappa shape index (κ3) is 2.13. The van der Waals surface area contributed by atoms with Gasteiger partial charge in [0, 0.05) is 5.57 Å². The predicted molar refractivity (Wildman–Crippen MR) is 64.2 cm³/mol. The van der Waals surface area contributed by atoms with E-state index in [1.54, 1.807) is 6.08 Å². The van der Waals surface area contributed by atoms with Gasteiger partial charge in [-0.25, -0.2) is 0 Å². The molecule has 2 amide bonds. The summed E-state index contributed by atoms with van der Waals surface area (Å²) in [5, 5.41) is 2.28. The number of hydrogen-bond donors (Lipinski definition) is 1. The average Bonchev–Trinajstić information content (AvgIpc) is 3.08. The van der Waals surface area contributed by atoms with Crippen LogP contribution in [0.1, 0.15) is 36.3 Å². The minimum atomic E-state index is -0.263. The van der Waals surface area contributed by atoms with Gasteiger partial charge in [-0.2, -0.15) is 0 Å². The van der Waals surface area contributed by atoms with Crippen molar-refractivity contribution in [3.63, 3.8) is 0 Å². The molecule has 17 heavy (non-hydrogen) atoms. The van der Waals surface area contributed by atoms with Gasteiger partial charge in [0.25, 0.3) is 5.91 Å². The monoisotopic (exact) mass is 227 g/mol. The van der Waals surface area contributed by atoms with Crippen LogP contribution in [0.25, 0.3) is 6.08 Å². The molecule has 0 aromatic heterocycles. The van der Waals surface area contributed by atoms with E-state index in [2.05, 4.69) is 17.4 Å². The quantitative estimate of drug-likeness (QED) is 0.620. The molecule has 0 atom stereocenters. The number of hydrogen-bond acceptors (Lipinski definition) is 2. The highest BCUT2D eigenvalue weighted by Gasteiger charge is 2.24. The normalized spacial score (nSPS) is 22.0. The van der Waals surface area contributed by atoms with Crippen LogP contribution in [0.5, 0.6) is 0 Å². The summed E-state index contributed by atoms with van der Waals surface area (Å²) in [6.45, 7) is 0. The number of carbonyl (C=O) groups excluding carboxylic acids is 2. The van der Waals surface area contributed by atoms with Gasteiger partial charge in [0.05, 0.1) is 6.42 Å². The lowest BCUT2D eigenvalue weighted by Gasteiger charge is -1.99. The fourth-order valence-electron chi connectivity index (χ4n) is 2.10. The molecule has 1 saturated carbocycles. The molecule has 2 aliphatic rings. The number of carbonyl (C=O) groups is 2. The first kappa shape index (κ1) is 10.3. The average molecular weight is 227 g/mol. The maximum Gasteiger partial charge on any atom is 0.254 e. The van der Waals surface area contributed by atoms with E-state index in [4.69, 9.17) is 0 Å². The third-order valence-corrected chi connectivity index (χ3v) is 3.22. The van der Waals surface area contributed by atoms with Crippen LogP contribution in [0, 0.1) is 0 Å². The summed E-state index contributed by atoms with van der Waals surface area (Å²) in [5.74, 6) is 0.269. The van der Waals surface area contributed by atoms with Gasteiger partial charge in [0.15, 0.2) is 0 Å². The molecule has 1 heterocycles. The van der Waals surface area contributed by atoms with Crippen molar-refractivity contribution < 1.29 is 9.59 Å². The maximum absolute atomic E-state index is 11.4. The van der Waals surface area contributed by atoms with E-state index >= 15 is 0 Å². The van der Waals surface area contributed by atoms with E-state index in [1.165, 1.54) is 18.4 Å². The lowest BCUT2D eigenvalue weighted by molar-refractivity contribution is -0.124. The SMILES string of the molecule is O=C1CC(=Cc2ccc(C3CC3)cc2)C(=O)N1. The standard InChI is InChI=1S/C14H13NO2/c16-13-8-12(14(17)15-13)7-9-1-3-10(4-2-9)11-5-6-11/h1-4,7,11H,5-6,8H2,(H,15,16,17). The van der Waals surface area contributed by atoms with Crippen LogP contribution in [0.3, 0.4) is 0 Å². The van der Waals surface area contributed by atoms with Crippen LogP contribution in [-0.2, 0) is 9.59 Å². The molecule has 0 bridgehead atoms. The first-order valence-electron chi connectivity index (χ1n) is 5.87. The summed E-state index contributed by atoms with van der Waals surface area (Å²) >= 11 is 0. The fourth-order valence-corrected chi connectivity index (χ4v) is 2.10. The first-order valence-corrected chi connectivity index (χ1v) is 5.87. The summed E-state index contributed by atoms with van der Waals surface area (Å²) in [4.78, 5) is 22.4. The zero-order valence-electron chi connectivity index (χ0n) is 9.40. The first-order chi connectivity index (χ1) is 8.22. The maximum atomic E-state index is 11.4. The van der Waals surface area contributed by atoms with Gasteiger partial charge in [-0.05, 0) is 36.0 Å². The second-order valence-electron chi connectivity index (χ2n) is 4.66. The van der Waals surface area contributed by atoms with Crippen LogP contribution >= 0.6 is 0 Å². The molecule has 3 heteroatoms. The van der Waals surface area contributed by atoms with Gasteiger partial charge in [0.2, 0.25) is 5.91 Å². The van der Waals surface area contributed by atoms with E-state index in [0.29, 0.717) is 5.57 Å².